The molecule has 1 aliphatic carbocycles. The van der Waals surface area contributed by atoms with Crippen LogP contribution in [0.15, 0.2) is 24.3 Å². The predicted molar refractivity (Wildman–Crippen MR) is 109 cm³/mol. The Morgan fingerprint density at radius 2 is 1.74 bits per heavy atom. The van der Waals surface area contributed by atoms with Crippen molar-refractivity contribution in [2.75, 3.05) is 45.9 Å². The van der Waals surface area contributed by atoms with Crippen molar-refractivity contribution in [1.29, 1.82) is 0 Å². The van der Waals surface area contributed by atoms with Gasteiger partial charge in [0.05, 0.1) is 0 Å². The summed E-state index contributed by atoms with van der Waals surface area (Å²) in [6.07, 6.45) is 6.24. The second-order valence-corrected chi connectivity index (χ2v) is 8.08. The first kappa shape index (κ1) is 20.2. The summed E-state index contributed by atoms with van der Waals surface area (Å²) in [5.41, 5.74) is 1.33. The predicted octanol–water partition coefficient (Wildman–Crippen LogP) is 2.83. The topological polar surface area (TPSA) is 44.8 Å². The minimum atomic E-state index is -0.0206. The van der Waals surface area contributed by atoms with Crippen LogP contribution >= 0.6 is 0 Å². The summed E-state index contributed by atoms with van der Waals surface area (Å²) in [7, 11) is 0. The van der Waals surface area contributed by atoms with Crippen LogP contribution in [0.5, 0.6) is 5.75 Å². The maximum absolute atomic E-state index is 12.4. The molecule has 150 valence electrons. The molecule has 0 unspecified atom stereocenters. The van der Waals surface area contributed by atoms with E-state index in [4.69, 9.17) is 4.74 Å². The minimum Gasteiger partial charge on any atom is -0.484 e. The average Bonchev–Trinajstić information content (AvgIpc) is 2.72. The molecule has 2 fully saturated rings. The third kappa shape index (κ3) is 5.45. The van der Waals surface area contributed by atoms with E-state index in [1.54, 1.807) is 0 Å². The summed E-state index contributed by atoms with van der Waals surface area (Å²) in [6.45, 7) is 10.8. The van der Waals surface area contributed by atoms with E-state index >= 15 is 0 Å². The highest BCUT2D eigenvalue weighted by Gasteiger charge is 2.39. The number of ether oxygens (including phenoxy) is 1. The van der Waals surface area contributed by atoms with E-state index in [1.807, 2.05) is 31.2 Å². The molecule has 5 nitrogen and oxygen atoms in total. The van der Waals surface area contributed by atoms with E-state index in [0.29, 0.717) is 0 Å². The molecule has 27 heavy (non-hydrogen) atoms. The Morgan fingerprint density at radius 3 is 2.37 bits per heavy atom. The summed E-state index contributed by atoms with van der Waals surface area (Å²) >= 11 is 0. The van der Waals surface area contributed by atoms with Gasteiger partial charge in [0, 0.05) is 38.3 Å². The molecule has 1 aliphatic heterocycles. The van der Waals surface area contributed by atoms with Crippen LogP contribution in [0.1, 0.15) is 44.6 Å². The number of aryl methyl sites for hydroxylation is 1. The lowest BCUT2D eigenvalue weighted by Gasteiger charge is -2.50. The third-order valence-electron chi connectivity index (χ3n) is 6.28. The van der Waals surface area contributed by atoms with Crippen molar-refractivity contribution in [3.05, 3.63) is 29.8 Å². The summed E-state index contributed by atoms with van der Waals surface area (Å²) < 4.78 is 5.64. The molecule has 1 aromatic rings. The number of nitrogens with zero attached hydrogens (tertiary/aromatic N) is 2. The van der Waals surface area contributed by atoms with E-state index < -0.39 is 0 Å². The molecule has 1 saturated heterocycles. The summed E-state index contributed by atoms with van der Waals surface area (Å²) in [4.78, 5) is 17.6. The average molecular weight is 374 g/mol. The van der Waals surface area contributed by atoms with Crippen LogP contribution in [-0.4, -0.2) is 67.1 Å². The third-order valence-corrected chi connectivity index (χ3v) is 6.28. The van der Waals surface area contributed by atoms with Crippen molar-refractivity contribution < 1.29 is 9.53 Å². The lowest BCUT2D eigenvalue weighted by atomic mass is 9.79. The Kier molecular flexibility index (Phi) is 7.13. The number of piperazine rings is 1. The van der Waals surface area contributed by atoms with Crippen molar-refractivity contribution in [2.24, 2.45) is 0 Å². The molecule has 1 saturated carbocycles. The zero-order valence-electron chi connectivity index (χ0n) is 17.0. The van der Waals surface area contributed by atoms with E-state index in [9.17, 15) is 4.79 Å². The van der Waals surface area contributed by atoms with Crippen molar-refractivity contribution in [3.8, 4) is 5.75 Å². The van der Waals surface area contributed by atoms with Crippen molar-refractivity contribution in [1.82, 2.24) is 15.1 Å². The number of amides is 1. The highest BCUT2D eigenvalue weighted by molar-refractivity contribution is 5.77. The number of carbonyl (C=O) groups is 1. The fourth-order valence-electron chi connectivity index (χ4n) is 4.45. The second kappa shape index (κ2) is 9.56. The number of hydrogen-bond acceptors (Lipinski definition) is 4. The lowest BCUT2D eigenvalue weighted by Crippen LogP contribution is -2.62. The Hall–Kier alpha value is -1.59. The summed E-state index contributed by atoms with van der Waals surface area (Å²) in [5, 5.41) is 3.18. The van der Waals surface area contributed by atoms with Gasteiger partial charge in [-0.2, -0.15) is 0 Å². The molecule has 2 aliphatic rings. The number of rotatable bonds is 7. The smallest absolute Gasteiger partial charge is 0.258 e. The van der Waals surface area contributed by atoms with Gasteiger partial charge in [0.25, 0.3) is 5.91 Å². The first-order chi connectivity index (χ1) is 13.1. The van der Waals surface area contributed by atoms with Gasteiger partial charge in [0.1, 0.15) is 5.75 Å². The number of benzene rings is 1. The van der Waals surface area contributed by atoms with E-state index in [1.165, 1.54) is 37.7 Å². The molecule has 5 heteroatoms. The Morgan fingerprint density at radius 1 is 1.07 bits per heavy atom. The van der Waals surface area contributed by atoms with E-state index in [-0.39, 0.29) is 18.1 Å². The molecule has 1 heterocycles. The molecular weight excluding hydrogens is 338 g/mol. The van der Waals surface area contributed by atoms with Gasteiger partial charge < -0.3 is 15.0 Å². The van der Waals surface area contributed by atoms with Crippen LogP contribution in [0.4, 0.5) is 0 Å². The van der Waals surface area contributed by atoms with Crippen LogP contribution < -0.4 is 10.1 Å². The zero-order chi connectivity index (χ0) is 19.1. The quantitative estimate of drug-likeness (QED) is 0.798. The molecule has 0 aromatic heterocycles. The van der Waals surface area contributed by atoms with E-state index in [2.05, 4.69) is 22.0 Å². The lowest BCUT2D eigenvalue weighted by molar-refractivity contribution is -0.124. The molecule has 1 N–H and O–H groups in total. The Balaban J connectivity index is 1.51. The number of hydrogen-bond donors (Lipinski definition) is 1. The van der Waals surface area contributed by atoms with Crippen LogP contribution in [0.3, 0.4) is 0 Å². The molecular formula is C22H35N3O2. The minimum absolute atomic E-state index is 0.0206. The van der Waals surface area contributed by atoms with Crippen LogP contribution in [-0.2, 0) is 4.79 Å². The molecule has 1 amide bonds. The van der Waals surface area contributed by atoms with Gasteiger partial charge >= 0.3 is 0 Å². The van der Waals surface area contributed by atoms with Gasteiger partial charge in [-0.25, -0.2) is 0 Å². The first-order valence-corrected chi connectivity index (χ1v) is 10.5. The van der Waals surface area contributed by atoms with Gasteiger partial charge in [0.15, 0.2) is 6.61 Å². The van der Waals surface area contributed by atoms with E-state index in [0.717, 1.165) is 45.0 Å². The van der Waals surface area contributed by atoms with Crippen molar-refractivity contribution >= 4 is 5.91 Å². The Bertz CT molecular complexity index is 588. The highest BCUT2D eigenvalue weighted by atomic mass is 16.5. The van der Waals surface area contributed by atoms with Crippen LogP contribution in [0.25, 0.3) is 0 Å². The fourth-order valence-corrected chi connectivity index (χ4v) is 4.45. The first-order valence-electron chi connectivity index (χ1n) is 10.5. The molecule has 1 aromatic carbocycles. The number of likely N-dealkylation sites (N-methyl/N-ethyl adjacent to an activating group) is 1. The molecule has 0 atom stereocenters. The standard InChI is InChI=1S/C22H35N3O2/c1-3-24-13-15-25(16-14-24)22(11-5-4-6-12-22)18-23-21(26)17-27-20-9-7-19(2)8-10-20/h7-10H,3-6,11-18H2,1-2H3,(H,23,26). The van der Waals surface area contributed by atoms with Gasteiger partial charge in [-0.1, -0.05) is 43.9 Å². The summed E-state index contributed by atoms with van der Waals surface area (Å²) in [5.74, 6) is 0.728. The molecule has 3 rings (SSSR count). The van der Waals surface area contributed by atoms with Gasteiger partial charge in [0.2, 0.25) is 0 Å². The monoisotopic (exact) mass is 373 g/mol. The van der Waals surface area contributed by atoms with Crippen LogP contribution in [0, 0.1) is 6.92 Å². The maximum atomic E-state index is 12.4. The second-order valence-electron chi connectivity index (χ2n) is 8.08. The number of carbonyl (C=O) groups excluding carboxylic acids is 1. The Labute approximate surface area is 164 Å². The van der Waals surface area contributed by atoms with Gasteiger partial charge in [-0.15, -0.1) is 0 Å². The van der Waals surface area contributed by atoms with Crippen molar-refractivity contribution in [2.45, 2.75) is 51.5 Å². The molecule has 0 spiro atoms. The molecule has 0 bridgehead atoms. The fraction of sp³-hybridized carbons (Fsp3) is 0.682. The van der Waals surface area contributed by atoms with Crippen molar-refractivity contribution in [3.63, 3.8) is 0 Å². The normalized spacial score (nSPS) is 21.0. The van der Waals surface area contributed by atoms with Gasteiger partial charge in [-0.05, 0) is 38.4 Å². The molecule has 0 radical (unpaired) electrons. The summed E-state index contributed by atoms with van der Waals surface area (Å²) in [6, 6.07) is 7.83. The maximum Gasteiger partial charge on any atom is 0.258 e. The highest BCUT2D eigenvalue weighted by Crippen LogP contribution is 2.34. The largest absolute Gasteiger partial charge is 0.484 e. The van der Waals surface area contributed by atoms with Crippen LogP contribution in [0.2, 0.25) is 0 Å². The SMILES string of the molecule is CCN1CCN(C2(CNC(=O)COc3ccc(C)cc3)CCCCC2)CC1. The van der Waals surface area contributed by atoms with Gasteiger partial charge in [-0.3, -0.25) is 9.69 Å². The number of nitrogens with one attached hydrogen (secondary N) is 1. The zero-order valence-corrected chi connectivity index (χ0v) is 17.0.